The fraction of sp³-hybridized carbons (Fsp3) is 0.379. The second kappa shape index (κ2) is 10.9. The molecule has 4 heterocycles. The van der Waals surface area contributed by atoms with Gasteiger partial charge in [0.05, 0.1) is 29.8 Å². The molecule has 2 amide bonds. The lowest BCUT2D eigenvalue weighted by atomic mass is 9.73. The average Bonchev–Trinajstić information content (AvgIpc) is 2.94. The third-order valence-electron chi connectivity index (χ3n) is 7.99. The molecule has 3 saturated heterocycles. The summed E-state index contributed by atoms with van der Waals surface area (Å²) in [6.45, 7) is 5.46. The van der Waals surface area contributed by atoms with Crippen LogP contribution >= 0.6 is 0 Å². The van der Waals surface area contributed by atoms with Crippen molar-refractivity contribution < 1.29 is 35.9 Å². The lowest BCUT2D eigenvalue weighted by Gasteiger charge is -2.51. The number of carbonyl (C=O) groups excluding carboxylic acids is 1. The first-order chi connectivity index (χ1) is 19.4. The second-order valence-electron chi connectivity index (χ2n) is 10.4. The summed E-state index contributed by atoms with van der Waals surface area (Å²) in [5, 5.41) is 5.79. The van der Waals surface area contributed by atoms with Crippen molar-refractivity contribution in [2.24, 2.45) is 11.8 Å². The molecule has 41 heavy (non-hydrogen) atoms. The van der Waals surface area contributed by atoms with Gasteiger partial charge in [-0.15, -0.1) is 6.58 Å². The Bertz CT molecular complexity index is 1430. The van der Waals surface area contributed by atoms with Crippen molar-refractivity contribution in [1.29, 1.82) is 0 Å². The number of ether oxygens (including phenoxy) is 1. The quantitative estimate of drug-likeness (QED) is 0.243. The Labute approximate surface area is 232 Å². The number of rotatable bonds is 6. The highest BCUT2D eigenvalue weighted by Crippen LogP contribution is 2.43. The number of alkyl halides is 6. The van der Waals surface area contributed by atoms with Gasteiger partial charge < -0.3 is 15.4 Å². The van der Waals surface area contributed by atoms with Gasteiger partial charge in [-0.2, -0.15) is 26.3 Å². The molecule has 0 radical (unpaired) electrons. The maximum atomic E-state index is 13.4. The Balaban J connectivity index is 1.51. The van der Waals surface area contributed by atoms with Crippen LogP contribution in [0, 0.1) is 11.8 Å². The van der Waals surface area contributed by atoms with Crippen LogP contribution in [0.2, 0.25) is 0 Å². The monoisotopic (exact) mass is 578 g/mol. The van der Waals surface area contributed by atoms with E-state index in [1.54, 1.807) is 30.5 Å². The molecule has 2 N–H and O–H groups in total. The first-order valence-corrected chi connectivity index (χ1v) is 13.0. The highest BCUT2D eigenvalue weighted by molar-refractivity contribution is 5.91. The van der Waals surface area contributed by atoms with E-state index in [0.29, 0.717) is 40.3 Å². The molecule has 3 unspecified atom stereocenters. The fourth-order valence-electron chi connectivity index (χ4n) is 5.99. The third-order valence-corrected chi connectivity index (χ3v) is 7.99. The molecular formula is C29H28F6N4O2. The van der Waals surface area contributed by atoms with E-state index in [1.165, 1.54) is 7.11 Å². The SMILES string of the molecule is C=C[C@H]1CN2CCC1CC2[C@H](NC(=O)Nc1cc(C(F)(F)F)cc(C(F)(F)F)c1)c1ccnc2ccc(OC)cc12. The molecule has 2 aromatic carbocycles. The summed E-state index contributed by atoms with van der Waals surface area (Å²) in [7, 11) is 1.52. The number of nitrogens with zero attached hydrogens (tertiary/aromatic N) is 2. The number of pyridine rings is 1. The van der Waals surface area contributed by atoms with Crippen LogP contribution in [0.15, 0.2) is 61.3 Å². The predicted molar refractivity (Wildman–Crippen MR) is 141 cm³/mol. The summed E-state index contributed by atoms with van der Waals surface area (Å²) in [5.41, 5.74) is -2.31. The van der Waals surface area contributed by atoms with Crippen molar-refractivity contribution in [3.8, 4) is 5.75 Å². The van der Waals surface area contributed by atoms with E-state index >= 15 is 0 Å². The summed E-state index contributed by atoms with van der Waals surface area (Å²) < 4.78 is 85.7. The number of carbonyl (C=O) groups is 1. The van der Waals surface area contributed by atoms with E-state index in [1.807, 2.05) is 6.08 Å². The molecule has 2 bridgehead atoms. The summed E-state index contributed by atoms with van der Waals surface area (Å²) in [5.74, 6) is 1.18. The van der Waals surface area contributed by atoms with Gasteiger partial charge in [-0.25, -0.2) is 4.79 Å². The fourth-order valence-corrected chi connectivity index (χ4v) is 5.99. The molecule has 6 nitrogen and oxygen atoms in total. The van der Waals surface area contributed by atoms with Gasteiger partial charge in [-0.1, -0.05) is 6.08 Å². The molecule has 12 heteroatoms. The van der Waals surface area contributed by atoms with Crippen LogP contribution in [0.4, 0.5) is 36.8 Å². The number of halogens is 6. The standard InChI is InChI=1S/C29H28F6N4O2/c1-3-16-15-39-9-7-17(16)10-25(39)26(22-6-8-36-24-5-4-21(41-2)14-23(22)24)38-27(40)37-20-12-18(28(30,31)32)11-19(13-20)29(33,34)35/h3-6,8,11-14,16-17,25-26H,1,7,9-10,15H2,2H3,(H2,37,38,40)/t16-,17?,25?,26+/m0/s1. The van der Waals surface area contributed by atoms with Gasteiger partial charge in [-0.3, -0.25) is 9.88 Å². The maximum absolute atomic E-state index is 13.4. The van der Waals surface area contributed by atoms with Gasteiger partial charge in [0.15, 0.2) is 0 Å². The molecule has 1 aromatic heterocycles. The number of hydrogen-bond acceptors (Lipinski definition) is 4. The van der Waals surface area contributed by atoms with Gasteiger partial charge in [0.1, 0.15) is 5.75 Å². The van der Waals surface area contributed by atoms with Crippen LogP contribution in [0.25, 0.3) is 10.9 Å². The van der Waals surface area contributed by atoms with E-state index in [0.717, 1.165) is 25.9 Å². The average molecular weight is 579 g/mol. The van der Waals surface area contributed by atoms with Gasteiger partial charge in [0.25, 0.3) is 0 Å². The predicted octanol–water partition coefficient (Wildman–Crippen LogP) is 7.04. The van der Waals surface area contributed by atoms with Gasteiger partial charge >= 0.3 is 18.4 Å². The van der Waals surface area contributed by atoms with E-state index < -0.39 is 41.2 Å². The van der Waals surface area contributed by atoms with Gasteiger partial charge in [0, 0.05) is 29.9 Å². The van der Waals surface area contributed by atoms with Crippen LogP contribution < -0.4 is 15.4 Å². The van der Waals surface area contributed by atoms with Crippen molar-refractivity contribution in [2.75, 3.05) is 25.5 Å². The molecule has 0 spiro atoms. The molecular weight excluding hydrogens is 550 g/mol. The number of amides is 2. The number of hydrogen-bond donors (Lipinski definition) is 2. The van der Waals surface area contributed by atoms with Crippen molar-refractivity contribution in [2.45, 2.75) is 37.3 Å². The molecule has 3 fully saturated rings. The molecule has 6 rings (SSSR count). The van der Waals surface area contributed by atoms with Crippen molar-refractivity contribution in [1.82, 2.24) is 15.2 Å². The molecule has 3 aliphatic heterocycles. The smallest absolute Gasteiger partial charge is 0.416 e. The highest BCUT2D eigenvalue weighted by Gasteiger charge is 2.43. The number of urea groups is 1. The Morgan fingerprint density at radius 3 is 2.39 bits per heavy atom. The van der Waals surface area contributed by atoms with E-state index in [9.17, 15) is 31.1 Å². The zero-order chi connectivity index (χ0) is 29.5. The first-order valence-electron chi connectivity index (χ1n) is 13.0. The van der Waals surface area contributed by atoms with Crippen LogP contribution in [-0.4, -0.2) is 42.2 Å². The molecule has 218 valence electrons. The number of piperidine rings is 3. The van der Waals surface area contributed by atoms with Gasteiger partial charge in [0.2, 0.25) is 0 Å². The minimum absolute atomic E-state index is 0.0183. The number of nitrogens with one attached hydrogen (secondary N) is 2. The largest absolute Gasteiger partial charge is 0.497 e. The normalized spacial score (nSPS) is 23.2. The Kier molecular flexibility index (Phi) is 7.62. The Morgan fingerprint density at radius 2 is 1.80 bits per heavy atom. The van der Waals surface area contributed by atoms with Crippen molar-refractivity contribution in [3.05, 3.63) is 78.0 Å². The number of anilines is 1. The zero-order valence-corrected chi connectivity index (χ0v) is 22.0. The second-order valence-corrected chi connectivity index (χ2v) is 10.4. The van der Waals surface area contributed by atoms with Crippen LogP contribution in [0.1, 0.15) is 35.6 Å². The summed E-state index contributed by atoms with van der Waals surface area (Å²) >= 11 is 0. The molecule has 5 atom stereocenters. The lowest BCUT2D eigenvalue weighted by Crippen LogP contribution is -2.57. The van der Waals surface area contributed by atoms with Crippen molar-refractivity contribution in [3.63, 3.8) is 0 Å². The molecule has 0 saturated carbocycles. The molecule has 3 aliphatic rings. The Hall–Kier alpha value is -3.80. The maximum Gasteiger partial charge on any atom is 0.416 e. The lowest BCUT2D eigenvalue weighted by molar-refractivity contribution is -0.143. The van der Waals surface area contributed by atoms with Crippen LogP contribution in [0.5, 0.6) is 5.75 Å². The number of benzene rings is 2. The summed E-state index contributed by atoms with van der Waals surface area (Å²) in [6.07, 6.45) is -4.87. The minimum atomic E-state index is -5.04. The number of fused-ring (bicyclic) bond motifs is 4. The number of aromatic nitrogens is 1. The summed E-state index contributed by atoms with van der Waals surface area (Å²) in [6, 6.07) is 6.28. The molecule has 3 aromatic rings. The van der Waals surface area contributed by atoms with E-state index in [-0.39, 0.29) is 18.0 Å². The number of methoxy groups -OCH3 is 1. The topological polar surface area (TPSA) is 66.5 Å². The third kappa shape index (κ3) is 5.97. The first kappa shape index (κ1) is 28.7. The minimum Gasteiger partial charge on any atom is -0.497 e. The van der Waals surface area contributed by atoms with E-state index in [4.69, 9.17) is 4.74 Å². The Morgan fingerprint density at radius 1 is 1.10 bits per heavy atom. The van der Waals surface area contributed by atoms with Crippen molar-refractivity contribution >= 4 is 22.6 Å². The molecule has 0 aliphatic carbocycles. The van der Waals surface area contributed by atoms with Crippen LogP contribution in [-0.2, 0) is 12.4 Å². The van der Waals surface area contributed by atoms with Gasteiger partial charge in [-0.05, 0) is 79.3 Å². The zero-order valence-electron chi connectivity index (χ0n) is 22.0. The van der Waals surface area contributed by atoms with Crippen LogP contribution in [0.3, 0.4) is 0 Å². The summed E-state index contributed by atoms with van der Waals surface area (Å²) in [4.78, 5) is 19.9. The van der Waals surface area contributed by atoms with E-state index in [2.05, 4.69) is 27.1 Å². The highest BCUT2D eigenvalue weighted by atomic mass is 19.4.